The van der Waals surface area contributed by atoms with Gasteiger partial charge in [0.1, 0.15) is 0 Å². The molecular weight excluding hydrogens is 241 g/mol. The molecular formula is C13H25F3N2. The normalized spacial score (nSPS) is 16.5. The van der Waals surface area contributed by atoms with Crippen molar-refractivity contribution >= 4 is 0 Å². The van der Waals surface area contributed by atoms with E-state index < -0.39 is 12.7 Å². The van der Waals surface area contributed by atoms with Crippen molar-refractivity contribution in [1.82, 2.24) is 10.2 Å². The van der Waals surface area contributed by atoms with Crippen molar-refractivity contribution in [3.63, 3.8) is 0 Å². The van der Waals surface area contributed by atoms with Gasteiger partial charge in [0, 0.05) is 6.04 Å². The van der Waals surface area contributed by atoms with Crippen molar-refractivity contribution < 1.29 is 13.2 Å². The monoisotopic (exact) mass is 266 g/mol. The largest absolute Gasteiger partial charge is 0.401 e. The molecule has 5 heteroatoms. The zero-order valence-electron chi connectivity index (χ0n) is 11.2. The molecule has 0 amide bonds. The standard InChI is InChI=1S/C13H25F3N2/c1-2-18(11-13(14,15)16)10-6-4-3-5-9-17-12-7-8-12/h12,17H,2-11H2,1H3. The van der Waals surface area contributed by atoms with E-state index in [9.17, 15) is 13.2 Å². The highest BCUT2D eigenvalue weighted by molar-refractivity contribution is 4.80. The summed E-state index contributed by atoms with van der Waals surface area (Å²) < 4.78 is 36.6. The smallest absolute Gasteiger partial charge is 0.314 e. The number of rotatable bonds is 10. The first-order valence-corrected chi connectivity index (χ1v) is 7.04. The lowest BCUT2D eigenvalue weighted by atomic mass is 10.2. The van der Waals surface area contributed by atoms with E-state index in [0.29, 0.717) is 13.1 Å². The maximum absolute atomic E-state index is 12.2. The van der Waals surface area contributed by atoms with E-state index in [4.69, 9.17) is 0 Å². The molecule has 0 radical (unpaired) electrons. The van der Waals surface area contributed by atoms with Crippen LogP contribution in [0.5, 0.6) is 0 Å². The Morgan fingerprint density at radius 3 is 2.33 bits per heavy atom. The molecule has 0 spiro atoms. The summed E-state index contributed by atoms with van der Waals surface area (Å²) in [4.78, 5) is 1.47. The SMILES string of the molecule is CCN(CCCCCCNC1CC1)CC(F)(F)F. The van der Waals surface area contributed by atoms with Gasteiger partial charge in [0.2, 0.25) is 0 Å². The summed E-state index contributed by atoms with van der Waals surface area (Å²) in [5, 5.41) is 3.44. The number of unbranched alkanes of at least 4 members (excludes halogenated alkanes) is 3. The zero-order chi connectivity index (χ0) is 13.4. The Morgan fingerprint density at radius 1 is 1.11 bits per heavy atom. The lowest BCUT2D eigenvalue weighted by Crippen LogP contribution is -2.34. The van der Waals surface area contributed by atoms with Gasteiger partial charge in [0.05, 0.1) is 6.54 Å². The van der Waals surface area contributed by atoms with Gasteiger partial charge in [-0.25, -0.2) is 0 Å². The van der Waals surface area contributed by atoms with Gasteiger partial charge in [-0.15, -0.1) is 0 Å². The van der Waals surface area contributed by atoms with E-state index in [1.54, 1.807) is 6.92 Å². The van der Waals surface area contributed by atoms with Crippen LogP contribution < -0.4 is 5.32 Å². The second-order valence-electron chi connectivity index (χ2n) is 5.13. The van der Waals surface area contributed by atoms with Crippen LogP contribution in [-0.4, -0.2) is 43.3 Å². The van der Waals surface area contributed by atoms with Crippen LogP contribution in [-0.2, 0) is 0 Å². The maximum atomic E-state index is 12.2. The summed E-state index contributed by atoms with van der Waals surface area (Å²) in [6.45, 7) is 3.11. The minimum Gasteiger partial charge on any atom is -0.314 e. The highest BCUT2D eigenvalue weighted by atomic mass is 19.4. The topological polar surface area (TPSA) is 15.3 Å². The van der Waals surface area contributed by atoms with Crippen LogP contribution in [0.25, 0.3) is 0 Å². The molecule has 0 aromatic rings. The Labute approximate surface area is 108 Å². The molecule has 0 aromatic carbocycles. The van der Waals surface area contributed by atoms with Gasteiger partial charge >= 0.3 is 6.18 Å². The van der Waals surface area contributed by atoms with E-state index in [2.05, 4.69) is 5.32 Å². The molecule has 0 unspecified atom stereocenters. The molecule has 18 heavy (non-hydrogen) atoms. The van der Waals surface area contributed by atoms with Crippen LogP contribution in [0.3, 0.4) is 0 Å². The molecule has 1 N–H and O–H groups in total. The van der Waals surface area contributed by atoms with Crippen molar-refractivity contribution in [2.75, 3.05) is 26.2 Å². The average molecular weight is 266 g/mol. The van der Waals surface area contributed by atoms with Crippen LogP contribution in [0.15, 0.2) is 0 Å². The van der Waals surface area contributed by atoms with Crippen LogP contribution in [0.2, 0.25) is 0 Å². The van der Waals surface area contributed by atoms with Gasteiger partial charge in [0.15, 0.2) is 0 Å². The first-order valence-electron chi connectivity index (χ1n) is 7.04. The molecule has 0 atom stereocenters. The number of nitrogens with zero attached hydrogens (tertiary/aromatic N) is 1. The maximum Gasteiger partial charge on any atom is 0.401 e. The first-order chi connectivity index (χ1) is 8.51. The molecule has 0 aromatic heterocycles. The summed E-state index contributed by atoms with van der Waals surface area (Å²) in [6.07, 6.45) is 2.70. The van der Waals surface area contributed by atoms with Gasteiger partial charge in [-0.2, -0.15) is 13.2 Å². The van der Waals surface area contributed by atoms with Gasteiger partial charge in [0.25, 0.3) is 0 Å². The molecule has 1 aliphatic carbocycles. The third-order valence-corrected chi connectivity index (χ3v) is 3.26. The third kappa shape index (κ3) is 8.75. The summed E-state index contributed by atoms with van der Waals surface area (Å²) >= 11 is 0. The summed E-state index contributed by atoms with van der Waals surface area (Å²) in [5.41, 5.74) is 0. The van der Waals surface area contributed by atoms with Crippen molar-refractivity contribution in [3.8, 4) is 0 Å². The summed E-state index contributed by atoms with van der Waals surface area (Å²) in [6, 6.07) is 0.757. The first kappa shape index (κ1) is 15.8. The second-order valence-corrected chi connectivity index (χ2v) is 5.13. The number of alkyl halides is 3. The Balaban J connectivity index is 1.90. The quantitative estimate of drug-likeness (QED) is 0.611. The molecule has 0 saturated heterocycles. The third-order valence-electron chi connectivity index (χ3n) is 3.26. The van der Waals surface area contributed by atoms with Crippen LogP contribution in [0.1, 0.15) is 45.4 Å². The Bertz CT molecular complexity index is 215. The number of nitrogens with one attached hydrogen (secondary N) is 1. The van der Waals surface area contributed by atoms with Crippen molar-refractivity contribution in [1.29, 1.82) is 0 Å². The van der Waals surface area contributed by atoms with Crippen LogP contribution >= 0.6 is 0 Å². The predicted octanol–water partition coefficient (Wildman–Crippen LogP) is 3.18. The molecule has 1 fully saturated rings. The lowest BCUT2D eigenvalue weighted by Gasteiger charge is -2.21. The minimum absolute atomic E-state index is 0.475. The Morgan fingerprint density at radius 2 is 1.78 bits per heavy atom. The zero-order valence-corrected chi connectivity index (χ0v) is 11.2. The van der Waals surface area contributed by atoms with Crippen LogP contribution in [0.4, 0.5) is 13.2 Å². The van der Waals surface area contributed by atoms with Crippen LogP contribution in [0, 0.1) is 0 Å². The molecule has 0 aliphatic heterocycles. The second kappa shape index (κ2) is 8.00. The van der Waals surface area contributed by atoms with Crippen molar-refractivity contribution in [2.24, 2.45) is 0 Å². The number of hydrogen-bond donors (Lipinski definition) is 1. The molecule has 1 aliphatic rings. The minimum atomic E-state index is -4.07. The Kier molecular flexibility index (Phi) is 7.00. The molecule has 1 rings (SSSR count). The van der Waals surface area contributed by atoms with Gasteiger partial charge < -0.3 is 5.32 Å². The predicted molar refractivity (Wildman–Crippen MR) is 67.7 cm³/mol. The van der Waals surface area contributed by atoms with Crippen molar-refractivity contribution in [2.45, 2.75) is 57.7 Å². The molecule has 2 nitrogen and oxygen atoms in total. The van der Waals surface area contributed by atoms with E-state index in [-0.39, 0.29) is 0 Å². The fourth-order valence-electron chi connectivity index (χ4n) is 2.01. The van der Waals surface area contributed by atoms with E-state index >= 15 is 0 Å². The van der Waals surface area contributed by atoms with E-state index in [1.165, 1.54) is 17.7 Å². The fraction of sp³-hybridized carbons (Fsp3) is 1.00. The highest BCUT2D eigenvalue weighted by Gasteiger charge is 2.29. The van der Waals surface area contributed by atoms with Gasteiger partial charge in [-0.1, -0.05) is 19.8 Å². The molecule has 108 valence electrons. The average Bonchev–Trinajstić information content (AvgIpc) is 3.08. The fourth-order valence-corrected chi connectivity index (χ4v) is 2.01. The van der Waals surface area contributed by atoms with Gasteiger partial charge in [-0.3, -0.25) is 4.90 Å². The molecule has 0 heterocycles. The number of halogens is 3. The number of hydrogen-bond acceptors (Lipinski definition) is 2. The summed E-state index contributed by atoms with van der Waals surface area (Å²) in [7, 11) is 0. The highest BCUT2D eigenvalue weighted by Crippen LogP contribution is 2.18. The lowest BCUT2D eigenvalue weighted by molar-refractivity contribution is -0.145. The van der Waals surface area contributed by atoms with E-state index in [0.717, 1.165) is 38.3 Å². The van der Waals surface area contributed by atoms with E-state index in [1.807, 2.05) is 0 Å². The van der Waals surface area contributed by atoms with Gasteiger partial charge in [-0.05, 0) is 45.3 Å². The van der Waals surface area contributed by atoms with Crippen molar-refractivity contribution in [3.05, 3.63) is 0 Å². The Hall–Kier alpha value is -0.290. The molecule has 0 bridgehead atoms. The summed E-state index contributed by atoms with van der Waals surface area (Å²) in [5.74, 6) is 0. The molecule has 1 saturated carbocycles.